The van der Waals surface area contributed by atoms with Crippen molar-refractivity contribution in [1.29, 1.82) is 0 Å². The number of hydrogen-bond donors (Lipinski definition) is 1. The lowest BCUT2D eigenvalue weighted by Gasteiger charge is -2.32. The Kier molecular flexibility index (Phi) is 7.29. The molecular formula is C24H28ClN3O2. The van der Waals surface area contributed by atoms with Crippen molar-refractivity contribution in [1.82, 2.24) is 9.80 Å². The van der Waals surface area contributed by atoms with Gasteiger partial charge < -0.3 is 15.1 Å². The van der Waals surface area contributed by atoms with Crippen LogP contribution in [0.5, 0.6) is 0 Å². The van der Waals surface area contributed by atoms with Crippen molar-refractivity contribution in [2.75, 3.05) is 38.5 Å². The first-order valence-electron chi connectivity index (χ1n) is 10.2. The van der Waals surface area contributed by atoms with Gasteiger partial charge >= 0.3 is 0 Å². The van der Waals surface area contributed by atoms with Gasteiger partial charge in [0, 0.05) is 37.8 Å². The highest BCUT2D eigenvalue weighted by Crippen LogP contribution is 2.24. The zero-order valence-electron chi connectivity index (χ0n) is 17.7. The van der Waals surface area contributed by atoms with Gasteiger partial charge in [-0.2, -0.15) is 0 Å². The van der Waals surface area contributed by atoms with E-state index in [2.05, 4.69) is 36.2 Å². The first-order chi connectivity index (χ1) is 14.3. The monoisotopic (exact) mass is 425 g/mol. The number of likely N-dealkylation sites (N-methyl/N-ethyl adjacent to an activating group) is 1. The average molecular weight is 426 g/mol. The number of anilines is 1. The van der Waals surface area contributed by atoms with Crippen LogP contribution in [0.1, 0.15) is 41.3 Å². The van der Waals surface area contributed by atoms with Gasteiger partial charge in [-0.25, -0.2) is 0 Å². The Morgan fingerprint density at radius 3 is 2.33 bits per heavy atom. The molecule has 5 nitrogen and oxygen atoms in total. The number of carbonyl (C=O) groups is 2. The van der Waals surface area contributed by atoms with E-state index in [1.54, 1.807) is 24.3 Å². The molecular weight excluding hydrogens is 398 g/mol. The van der Waals surface area contributed by atoms with Crippen LogP contribution in [-0.2, 0) is 4.79 Å². The highest BCUT2D eigenvalue weighted by molar-refractivity contribution is 6.34. The van der Waals surface area contributed by atoms with Crippen molar-refractivity contribution in [2.45, 2.75) is 19.8 Å². The topological polar surface area (TPSA) is 52.7 Å². The van der Waals surface area contributed by atoms with Gasteiger partial charge in [0.25, 0.3) is 5.91 Å². The zero-order valence-corrected chi connectivity index (χ0v) is 18.4. The molecule has 30 heavy (non-hydrogen) atoms. The second kappa shape index (κ2) is 9.92. The van der Waals surface area contributed by atoms with Crippen LogP contribution in [-0.4, -0.2) is 54.8 Å². The van der Waals surface area contributed by atoms with Gasteiger partial charge in [0.15, 0.2) is 0 Å². The van der Waals surface area contributed by atoms with Gasteiger partial charge in [-0.1, -0.05) is 49.7 Å². The molecule has 0 saturated carbocycles. The van der Waals surface area contributed by atoms with Crippen LogP contribution in [0.15, 0.2) is 48.5 Å². The third-order valence-corrected chi connectivity index (χ3v) is 5.62. The largest absolute Gasteiger partial charge is 0.336 e. The van der Waals surface area contributed by atoms with E-state index in [4.69, 9.17) is 11.6 Å². The normalized spacial score (nSPS) is 15.0. The van der Waals surface area contributed by atoms with Crippen LogP contribution < -0.4 is 5.32 Å². The Bertz CT molecular complexity index is 930. The maximum Gasteiger partial charge on any atom is 0.254 e. The fourth-order valence-corrected chi connectivity index (χ4v) is 3.45. The van der Waals surface area contributed by atoms with E-state index >= 15 is 0 Å². The lowest BCUT2D eigenvalue weighted by molar-refractivity contribution is -0.111. The summed E-state index contributed by atoms with van der Waals surface area (Å²) >= 11 is 6.24. The standard InChI is InChI=1S/C24H28ClN3O2/c1-17(2)19-7-4-18(5-8-19)6-11-23(29)26-22-16-20(9-10-21(22)25)24(30)28-14-12-27(3)13-15-28/h4-11,16-17H,12-15H2,1-3H3,(H,26,29)/b11-6+. The van der Waals surface area contributed by atoms with Crippen LogP contribution >= 0.6 is 11.6 Å². The summed E-state index contributed by atoms with van der Waals surface area (Å²) in [7, 11) is 2.05. The van der Waals surface area contributed by atoms with E-state index in [1.165, 1.54) is 11.6 Å². The molecule has 0 radical (unpaired) electrons. The average Bonchev–Trinajstić information content (AvgIpc) is 2.74. The number of carbonyl (C=O) groups excluding carboxylic acids is 2. The van der Waals surface area contributed by atoms with Crippen molar-refractivity contribution in [2.24, 2.45) is 0 Å². The summed E-state index contributed by atoms with van der Waals surface area (Å²) < 4.78 is 0. The molecule has 1 saturated heterocycles. The van der Waals surface area contributed by atoms with Crippen LogP contribution in [0.2, 0.25) is 5.02 Å². The molecule has 3 rings (SSSR count). The number of benzene rings is 2. The number of halogens is 1. The fraction of sp³-hybridized carbons (Fsp3) is 0.333. The van der Waals surface area contributed by atoms with Crippen molar-refractivity contribution < 1.29 is 9.59 Å². The molecule has 0 aromatic heterocycles. The Hall–Kier alpha value is -2.63. The molecule has 0 aliphatic carbocycles. The molecule has 1 fully saturated rings. The molecule has 1 aliphatic rings. The molecule has 1 aliphatic heterocycles. The molecule has 158 valence electrons. The summed E-state index contributed by atoms with van der Waals surface area (Å²) in [5.74, 6) is 0.124. The Morgan fingerprint density at radius 2 is 1.70 bits per heavy atom. The summed E-state index contributed by atoms with van der Waals surface area (Å²) in [5.41, 5.74) is 3.15. The molecule has 1 N–H and O–H groups in total. The van der Waals surface area contributed by atoms with Gasteiger partial charge in [-0.15, -0.1) is 0 Å². The highest BCUT2D eigenvalue weighted by Gasteiger charge is 2.21. The quantitative estimate of drug-likeness (QED) is 0.717. The van der Waals surface area contributed by atoms with Gasteiger partial charge in [-0.05, 0) is 48.4 Å². The van der Waals surface area contributed by atoms with Crippen molar-refractivity contribution >= 4 is 35.2 Å². The van der Waals surface area contributed by atoms with E-state index in [0.29, 0.717) is 35.3 Å². The van der Waals surface area contributed by atoms with E-state index < -0.39 is 0 Å². The summed E-state index contributed by atoms with van der Waals surface area (Å²) in [6.45, 7) is 7.38. The molecule has 2 aromatic rings. The number of nitrogens with one attached hydrogen (secondary N) is 1. The van der Waals surface area contributed by atoms with Gasteiger partial charge in [0.2, 0.25) is 5.91 Å². The second-order valence-corrected chi connectivity index (χ2v) is 8.34. The van der Waals surface area contributed by atoms with Crippen molar-refractivity contribution in [3.63, 3.8) is 0 Å². The molecule has 0 spiro atoms. The molecule has 2 aromatic carbocycles. The van der Waals surface area contributed by atoms with Gasteiger partial charge in [-0.3, -0.25) is 9.59 Å². The second-order valence-electron chi connectivity index (χ2n) is 7.93. The third kappa shape index (κ3) is 5.71. The minimum atomic E-state index is -0.297. The molecule has 1 heterocycles. The fourth-order valence-electron chi connectivity index (χ4n) is 3.28. The smallest absolute Gasteiger partial charge is 0.254 e. The van der Waals surface area contributed by atoms with Crippen molar-refractivity contribution in [3.8, 4) is 0 Å². The lowest BCUT2D eigenvalue weighted by Crippen LogP contribution is -2.47. The number of rotatable bonds is 5. The first-order valence-corrected chi connectivity index (χ1v) is 10.6. The van der Waals surface area contributed by atoms with Crippen LogP contribution in [0.4, 0.5) is 5.69 Å². The predicted molar refractivity (Wildman–Crippen MR) is 123 cm³/mol. The lowest BCUT2D eigenvalue weighted by atomic mass is 10.0. The van der Waals surface area contributed by atoms with E-state index in [1.807, 2.05) is 24.1 Å². The first kappa shape index (κ1) is 22.1. The Labute approximate surface area is 183 Å². The summed E-state index contributed by atoms with van der Waals surface area (Å²) in [4.78, 5) is 29.2. The van der Waals surface area contributed by atoms with E-state index in [0.717, 1.165) is 18.7 Å². The number of piperazine rings is 1. The van der Waals surface area contributed by atoms with Crippen LogP contribution in [0, 0.1) is 0 Å². The summed E-state index contributed by atoms with van der Waals surface area (Å²) in [5, 5.41) is 3.17. The number of hydrogen-bond acceptors (Lipinski definition) is 3. The van der Waals surface area contributed by atoms with Crippen LogP contribution in [0.3, 0.4) is 0 Å². The van der Waals surface area contributed by atoms with E-state index in [-0.39, 0.29) is 11.8 Å². The van der Waals surface area contributed by atoms with Crippen LogP contribution in [0.25, 0.3) is 6.08 Å². The van der Waals surface area contributed by atoms with Gasteiger partial charge in [0.1, 0.15) is 0 Å². The SMILES string of the molecule is CC(C)c1ccc(/C=C/C(=O)Nc2cc(C(=O)N3CCN(C)CC3)ccc2Cl)cc1. The van der Waals surface area contributed by atoms with Crippen molar-refractivity contribution in [3.05, 3.63) is 70.3 Å². The molecule has 0 unspecified atom stereocenters. The molecule has 2 amide bonds. The van der Waals surface area contributed by atoms with E-state index in [9.17, 15) is 9.59 Å². The molecule has 0 bridgehead atoms. The zero-order chi connectivity index (χ0) is 21.7. The summed E-state index contributed by atoms with van der Waals surface area (Å²) in [6, 6.07) is 13.1. The number of amides is 2. The minimum Gasteiger partial charge on any atom is -0.336 e. The predicted octanol–water partition coefficient (Wildman–Crippen LogP) is 4.50. The summed E-state index contributed by atoms with van der Waals surface area (Å²) in [6.07, 6.45) is 3.22. The third-order valence-electron chi connectivity index (χ3n) is 5.29. The maximum absolute atomic E-state index is 12.8. The Balaban J connectivity index is 1.66. The van der Waals surface area contributed by atoms with Gasteiger partial charge in [0.05, 0.1) is 10.7 Å². The molecule has 0 atom stereocenters. The highest BCUT2D eigenvalue weighted by atomic mass is 35.5. The molecule has 6 heteroatoms. The Morgan fingerprint density at radius 1 is 1.03 bits per heavy atom. The minimum absolute atomic E-state index is 0.0453. The number of nitrogens with zero attached hydrogens (tertiary/aromatic N) is 2. The maximum atomic E-state index is 12.8.